The molecule has 0 spiro atoms. The number of sulfonamides is 2. The molecule has 0 aliphatic carbocycles. The van der Waals surface area contributed by atoms with Crippen molar-refractivity contribution in [2.75, 3.05) is 38.1 Å². The number of hydrogen-bond donors (Lipinski definition) is 2. The zero-order valence-corrected chi connectivity index (χ0v) is 30.0. The largest absolute Gasteiger partial charge is 0.490 e. The average molecular weight is 713 g/mol. The number of ether oxygens (including phenoxy) is 2. The number of carbonyl (C=O) groups excluding carboxylic acids is 1. The zero-order valence-electron chi connectivity index (χ0n) is 27.5. The molecule has 0 saturated carbocycles. The van der Waals surface area contributed by atoms with Crippen LogP contribution in [0.15, 0.2) is 49.3 Å². The molecule has 4 atom stereocenters. The number of carbonyl (C=O) groups is 1. The van der Waals surface area contributed by atoms with Crippen LogP contribution in [0, 0.1) is 19.8 Å². The van der Waals surface area contributed by atoms with Gasteiger partial charge in [0.1, 0.15) is 20.5 Å². The maximum Gasteiger partial charge on any atom is 0.271 e. The highest BCUT2D eigenvalue weighted by atomic mass is 32.2. The molecule has 4 rings (SSSR count). The van der Waals surface area contributed by atoms with Gasteiger partial charge in [0.25, 0.3) is 15.9 Å². The SMILES string of the molecule is Cc1noc(C)c1S(=O)(=O)N(C)C[C@@H]1OCCCC[C@H](C)Oc2ccc(NS(=O)(=O)c3cccs3)cc2C(=O)N([C@H](C)CO)C[C@H]1C. The molecule has 1 aliphatic rings. The molecule has 16 heteroatoms. The van der Waals surface area contributed by atoms with Crippen LogP contribution in [0.1, 0.15) is 61.8 Å². The molecular weight excluding hydrogens is 669 g/mol. The Hall–Kier alpha value is -3.02. The Bertz CT molecular complexity index is 1710. The molecule has 47 heavy (non-hydrogen) atoms. The first-order valence-corrected chi connectivity index (χ1v) is 19.3. The van der Waals surface area contributed by atoms with E-state index in [1.54, 1.807) is 44.4 Å². The van der Waals surface area contributed by atoms with Gasteiger partial charge in [-0.1, -0.05) is 18.1 Å². The van der Waals surface area contributed by atoms with Gasteiger partial charge in [-0.25, -0.2) is 16.8 Å². The summed E-state index contributed by atoms with van der Waals surface area (Å²) >= 11 is 1.07. The van der Waals surface area contributed by atoms with Gasteiger partial charge in [-0.05, 0) is 76.6 Å². The number of aryl methyl sites for hydroxylation is 2. The number of aliphatic hydroxyl groups excluding tert-OH is 1. The maximum absolute atomic E-state index is 14.3. The molecule has 2 aromatic heterocycles. The third-order valence-corrected chi connectivity index (χ3v) is 13.0. The fraction of sp³-hybridized carbons (Fsp3) is 0.548. The van der Waals surface area contributed by atoms with Crippen LogP contribution in [-0.2, 0) is 24.8 Å². The molecule has 3 heterocycles. The Morgan fingerprint density at radius 1 is 1.17 bits per heavy atom. The summed E-state index contributed by atoms with van der Waals surface area (Å²) in [6.45, 7) is 8.68. The Morgan fingerprint density at radius 3 is 2.55 bits per heavy atom. The van der Waals surface area contributed by atoms with E-state index in [1.165, 1.54) is 28.4 Å². The van der Waals surface area contributed by atoms with E-state index < -0.39 is 38.1 Å². The van der Waals surface area contributed by atoms with Gasteiger partial charge in [0.05, 0.1) is 30.4 Å². The number of nitrogens with one attached hydrogen (secondary N) is 1. The average Bonchev–Trinajstić information content (AvgIpc) is 3.69. The molecule has 260 valence electrons. The summed E-state index contributed by atoms with van der Waals surface area (Å²) in [6.07, 6.45) is 1.22. The number of aliphatic hydroxyl groups is 1. The van der Waals surface area contributed by atoms with Gasteiger partial charge in [0.15, 0.2) is 5.76 Å². The minimum Gasteiger partial charge on any atom is -0.490 e. The molecule has 0 radical (unpaired) electrons. The van der Waals surface area contributed by atoms with Gasteiger partial charge in [-0.15, -0.1) is 11.3 Å². The van der Waals surface area contributed by atoms with E-state index in [9.17, 15) is 26.7 Å². The zero-order chi connectivity index (χ0) is 34.5. The lowest BCUT2D eigenvalue weighted by Crippen LogP contribution is -2.48. The van der Waals surface area contributed by atoms with Gasteiger partial charge < -0.3 is 24.0 Å². The van der Waals surface area contributed by atoms with E-state index in [2.05, 4.69) is 9.88 Å². The number of rotatable bonds is 9. The number of likely N-dealkylation sites (N-methyl/N-ethyl adjacent to an activating group) is 1. The first-order valence-electron chi connectivity index (χ1n) is 15.4. The van der Waals surface area contributed by atoms with E-state index in [-0.39, 0.29) is 63.5 Å². The van der Waals surface area contributed by atoms with Crippen LogP contribution in [-0.4, -0.2) is 93.8 Å². The summed E-state index contributed by atoms with van der Waals surface area (Å²) in [5.74, 6) is -0.387. The van der Waals surface area contributed by atoms with Crippen molar-refractivity contribution < 1.29 is 40.7 Å². The van der Waals surface area contributed by atoms with Gasteiger partial charge in [0, 0.05) is 38.3 Å². The number of aromatic nitrogens is 1. The fourth-order valence-corrected chi connectivity index (χ4v) is 8.93. The van der Waals surface area contributed by atoms with E-state index in [0.717, 1.165) is 17.8 Å². The van der Waals surface area contributed by atoms with Crippen LogP contribution in [0.2, 0.25) is 0 Å². The second-order valence-corrected chi connectivity index (χ2v) is 16.8. The first kappa shape index (κ1) is 36.8. The molecule has 0 unspecified atom stereocenters. The maximum atomic E-state index is 14.3. The molecule has 0 saturated heterocycles. The Labute approximate surface area is 280 Å². The molecule has 2 N–H and O–H groups in total. The number of nitrogens with zero attached hydrogens (tertiary/aromatic N) is 3. The van der Waals surface area contributed by atoms with Gasteiger partial charge in [0.2, 0.25) is 10.0 Å². The number of fused-ring (bicyclic) bond motifs is 1. The van der Waals surface area contributed by atoms with E-state index >= 15 is 0 Å². The third-order valence-electron chi connectivity index (χ3n) is 8.14. The Balaban J connectivity index is 1.68. The highest BCUT2D eigenvalue weighted by Gasteiger charge is 2.34. The van der Waals surface area contributed by atoms with Crippen molar-refractivity contribution in [3.05, 3.63) is 52.7 Å². The molecule has 0 bridgehead atoms. The lowest BCUT2D eigenvalue weighted by atomic mass is 10.0. The molecule has 13 nitrogen and oxygen atoms in total. The van der Waals surface area contributed by atoms with Crippen molar-refractivity contribution in [3.8, 4) is 5.75 Å². The number of hydrogen-bond acceptors (Lipinski definition) is 11. The van der Waals surface area contributed by atoms with Gasteiger partial charge in [-0.2, -0.15) is 4.31 Å². The van der Waals surface area contributed by atoms with Gasteiger partial charge >= 0.3 is 0 Å². The molecule has 0 fully saturated rings. The van der Waals surface area contributed by atoms with Crippen LogP contribution in [0.5, 0.6) is 5.75 Å². The monoisotopic (exact) mass is 712 g/mol. The quantitative estimate of drug-likeness (QED) is 0.327. The molecule has 1 amide bonds. The predicted molar refractivity (Wildman–Crippen MR) is 178 cm³/mol. The molecule has 1 aromatic carbocycles. The standard InChI is InChI=1S/C31H44N4O9S3/c1-20-17-35(21(2)19-36)31(37)26-16-25(33-46(38,39)29-11-9-15-45-29)12-13-27(26)43-22(3)10-7-8-14-42-28(20)18-34(6)47(40,41)30-23(4)32-44-24(30)5/h9,11-13,15-16,20-22,28,33,36H,7-8,10,14,17-19H2,1-6H3/t20-,21-,22+,28+/m1/s1. The van der Waals surface area contributed by atoms with Crippen molar-refractivity contribution >= 4 is 43.0 Å². The number of anilines is 1. The summed E-state index contributed by atoms with van der Waals surface area (Å²) < 4.78 is 74.5. The number of amides is 1. The van der Waals surface area contributed by atoms with Crippen LogP contribution >= 0.6 is 11.3 Å². The fourth-order valence-electron chi connectivity index (χ4n) is 5.42. The smallest absolute Gasteiger partial charge is 0.271 e. The van der Waals surface area contributed by atoms with Crippen LogP contribution < -0.4 is 9.46 Å². The predicted octanol–water partition coefficient (Wildman–Crippen LogP) is 4.27. The topological polar surface area (TPSA) is 169 Å². The van der Waals surface area contributed by atoms with Crippen LogP contribution in [0.25, 0.3) is 0 Å². The lowest BCUT2D eigenvalue weighted by Gasteiger charge is -2.35. The molecule has 3 aromatic rings. The van der Waals surface area contributed by atoms with Crippen LogP contribution in [0.3, 0.4) is 0 Å². The van der Waals surface area contributed by atoms with Crippen molar-refractivity contribution in [3.63, 3.8) is 0 Å². The third kappa shape index (κ3) is 8.72. The summed E-state index contributed by atoms with van der Waals surface area (Å²) in [5.41, 5.74) is 0.568. The summed E-state index contributed by atoms with van der Waals surface area (Å²) in [4.78, 5) is 15.8. The second kappa shape index (κ2) is 15.5. The summed E-state index contributed by atoms with van der Waals surface area (Å²) in [6, 6.07) is 7.06. The van der Waals surface area contributed by atoms with Gasteiger partial charge in [-0.3, -0.25) is 9.52 Å². The highest BCUT2D eigenvalue weighted by Crippen LogP contribution is 2.30. The van der Waals surface area contributed by atoms with Crippen molar-refractivity contribution in [2.45, 2.75) is 81.2 Å². The highest BCUT2D eigenvalue weighted by molar-refractivity contribution is 7.94. The Kier molecular flexibility index (Phi) is 12.1. The minimum atomic E-state index is -3.96. The minimum absolute atomic E-state index is 0.00611. The number of thiophene rings is 1. The molecular formula is C31H44N4O9S3. The summed E-state index contributed by atoms with van der Waals surface area (Å²) in [5, 5.41) is 15.6. The summed E-state index contributed by atoms with van der Waals surface area (Å²) in [7, 11) is -6.38. The van der Waals surface area contributed by atoms with Crippen LogP contribution in [0.4, 0.5) is 5.69 Å². The first-order chi connectivity index (χ1) is 22.1. The van der Waals surface area contributed by atoms with E-state index in [1.807, 2.05) is 13.8 Å². The van der Waals surface area contributed by atoms with Crippen molar-refractivity contribution in [1.29, 1.82) is 0 Å². The molecule has 1 aliphatic heterocycles. The van der Waals surface area contributed by atoms with Crippen molar-refractivity contribution in [2.24, 2.45) is 5.92 Å². The second-order valence-electron chi connectivity index (χ2n) is 12.0. The van der Waals surface area contributed by atoms with Crippen molar-refractivity contribution in [1.82, 2.24) is 14.4 Å². The van der Waals surface area contributed by atoms with E-state index in [0.29, 0.717) is 25.2 Å². The lowest BCUT2D eigenvalue weighted by molar-refractivity contribution is -0.00835. The normalized spacial score (nSPS) is 21.1. The number of benzene rings is 1. The van der Waals surface area contributed by atoms with E-state index in [4.69, 9.17) is 14.0 Å². The Morgan fingerprint density at radius 2 is 1.91 bits per heavy atom.